The number of amides is 1. The first-order chi connectivity index (χ1) is 8.22. The Labute approximate surface area is 100.0 Å². The van der Waals surface area contributed by atoms with Crippen molar-refractivity contribution < 1.29 is 9.59 Å². The van der Waals surface area contributed by atoms with Gasteiger partial charge < -0.3 is 4.90 Å². The highest BCUT2D eigenvalue weighted by Crippen LogP contribution is 2.27. The molecule has 1 aromatic carbocycles. The fourth-order valence-electron chi connectivity index (χ4n) is 2.10. The number of carbonyl (C=O) groups excluding carboxylic acids is 2. The highest BCUT2D eigenvalue weighted by atomic mass is 16.2. The summed E-state index contributed by atoms with van der Waals surface area (Å²) >= 11 is 0. The predicted molar refractivity (Wildman–Crippen MR) is 64.9 cm³/mol. The number of isocyanates is 1. The van der Waals surface area contributed by atoms with E-state index < -0.39 is 0 Å². The Kier molecular flexibility index (Phi) is 3.35. The van der Waals surface area contributed by atoms with Gasteiger partial charge in [-0.15, -0.1) is 0 Å². The Bertz CT molecular complexity index is 490. The van der Waals surface area contributed by atoms with Gasteiger partial charge in [-0.05, 0) is 30.0 Å². The zero-order valence-electron chi connectivity index (χ0n) is 9.77. The molecule has 2 rings (SSSR count). The van der Waals surface area contributed by atoms with Gasteiger partial charge in [-0.2, -0.15) is 0 Å². The maximum atomic E-state index is 11.5. The van der Waals surface area contributed by atoms with Gasteiger partial charge in [0.1, 0.15) is 0 Å². The fourth-order valence-corrected chi connectivity index (χ4v) is 2.10. The number of fused-ring (bicyclic) bond motifs is 1. The maximum Gasteiger partial charge on any atom is 0.234 e. The number of hydrogen-bond donors (Lipinski definition) is 0. The van der Waals surface area contributed by atoms with Crippen LogP contribution in [-0.2, 0) is 22.4 Å². The largest absolute Gasteiger partial charge is 0.315 e. The molecule has 0 saturated carbocycles. The van der Waals surface area contributed by atoms with Crippen molar-refractivity contribution in [3.05, 3.63) is 29.3 Å². The molecule has 0 spiro atoms. The highest BCUT2D eigenvalue weighted by Gasteiger charge is 2.20. The zero-order valence-corrected chi connectivity index (χ0v) is 9.77. The number of aliphatic imine (C=N–C) groups is 1. The summed E-state index contributed by atoms with van der Waals surface area (Å²) in [6.07, 6.45) is 3.64. The van der Waals surface area contributed by atoms with Gasteiger partial charge in [0.2, 0.25) is 12.0 Å². The van der Waals surface area contributed by atoms with Gasteiger partial charge in [0.25, 0.3) is 0 Å². The molecule has 1 aliphatic rings. The lowest BCUT2D eigenvalue weighted by Crippen LogP contribution is -2.31. The average molecular weight is 230 g/mol. The predicted octanol–water partition coefficient (Wildman–Crippen LogP) is 1.47. The molecule has 0 unspecified atom stereocenters. The Hall–Kier alpha value is -1.93. The van der Waals surface area contributed by atoms with Crippen molar-refractivity contribution in [2.75, 3.05) is 18.5 Å². The van der Waals surface area contributed by atoms with E-state index >= 15 is 0 Å². The summed E-state index contributed by atoms with van der Waals surface area (Å²) in [6, 6.07) is 6.04. The molecule has 1 heterocycles. The van der Waals surface area contributed by atoms with E-state index in [4.69, 9.17) is 0 Å². The van der Waals surface area contributed by atoms with Crippen LogP contribution in [0.2, 0.25) is 0 Å². The second-order valence-electron chi connectivity index (χ2n) is 4.14. The van der Waals surface area contributed by atoms with E-state index in [0.29, 0.717) is 13.0 Å². The molecule has 17 heavy (non-hydrogen) atoms. The number of aryl methyl sites for hydroxylation is 1. The third-order valence-electron chi connectivity index (χ3n) is 3.06. The van der Waals surface area contributed by atoms with Gasteiger partial charge in [-0.3, -0.25) is 4.79 Å². The van der Waals surface area contributed by atoms with Crippen LogP contribution < -0.4 is 4.90 Å². The van der Waals surface area contributed by atoms with Gasteiger partial charge in [0.05, 0.1) is 6.54 Å². The third kappa shape index (κ3) is 2.43. The lowest BCUT2D eigenvalue weighted by Gasteiger charge is -2.26. The number of benzene rings is 1. The summed E-state index contributed by atoms with van der Waals surface area (Å²) in [5, 5.41) is 0. The van der Waals surface area contributed by atoms with Crippen LogP contribution in [0.5, 0.6) is 0 Å². The third-order valence-corrected chi connectivity index (χ3v) is 3.06. The van der Waals surface area contributed by atoms with Crippen LogP contribution in [-0.4, -0.2) is 25.6 Å². The highest BCUT2D eigenvalue weighted by molar-refractivity contribution is 5.95. The fraction of sp³-hybridized carbons (Fsp3) is 0.385. The summed E-state index contributed by atoms with van der Waals surface area (Å²) in [5.41, 5.74) is 3.33. The molecule has 0 aromatic heterocycles. The summed E-state index contributed by atoms with van der Waals surface area (Å²) in [7, 11) is 1.80. The first-order valence-corrected chi connectivity index (χ1v) is 5.64. The molecule has 4 heteroatoms. The van der Waals surface area contributed by atoms with E-state index in [-0.39, 0.29) is 5.91 Å². The monoisotopic (exact) mass is 230 g/mol. The number of carbonyl (C=O) groups is 1. The molecular weight excluding hydrogens is 216 g/mol. The summed E-state index contributed by atoms with van der Waals surface area (Å²) < 4.78 is 0. The molecule has 0 radical (unpaired) electrons. The molecule has 88 valence electrons. The minimum atomic E-state index is 0.163. The molecule has 1 aromatic rings. The van der Waals surface area contributed by atoms with Crippen LogP contribution >= 0.6 is 0 Å². The Balaban J connectivity index is 2.20. The summed E-state index contributed by atoms with van der Waals surface area (Å²) in [5.74, 6) is 0.163. The van der Waals surface area contributed by atoms with Crippen LogP contribution in [0.1, 0.15) is 17.5 Å². The van der Waals surface area contributed by atoms with Gasteiger partial charge in [0.15, 0.2) is 0 Å². The van der Waals surface area contributed by atoms with Crippen LogP contribution in [0.4, 0.5) is 5.69 Å². The molecule has 0 atom stereocenters. The number of hydrogen-bond acceptors (Lipinski definition) is 3. The summed E-state index contributed by atoms with van der Waals surface area (Å²) in [6.45, 7) is 0.469. The van der Waals surface area contributed by atoms with Gasteiger partial charge in [-0.1, -0.05) is 12.1 Å². The minimum absolute atomic E-state index is 0.163. The molecule has 0 N–H and O–H groups in total. The van der Waals surface area contributed by atoms with Crippen LogP contribution in [0, 0.1) is 0 Å². The lowest BCUT2D eigenvalue weighted by molar-refractivity contribution is -0.118. The Morgan fingerprint density at radius 3 is 3.00 bits per heavy atom. The molecule has 1 aliphatic heterocycles. The Morgan fingerprint density at radius 2 is 2.24 bits per heavy atom. The van der Waals surface area contributed by atoms with Gasteiger partial charge in [0, 0.05) is 19.2 Å². The number of rotatable bonds is 3. The number of nitrogens with zero attached hydrogens (tertiary/aromatic N) is 2. The zero-order chi connectivity index (χ0) is 12.3. The van der Waals surface area contributed by atoms with E-state index in [9.17, 15) is 9.59 Å². The second kappa shape index (κ2) is 4.93. The lowest BCUT2D eigenvalue weighted by atomic mass is 9.98. The topological polar surface area (TPSA) is 49.7 Å². The van der Waals surface area contributed by atoms with Crippen LogP contribution in [0.25, 0.3) is 0 Å². The normalized spacial score (nSPS) is 14.2. The van der Waals surface area contributed by atoms with Crippen molar-refractivity contribution in [2.24, 2.45) is 4.99 Å². The summed E-state index contributed by atoms with van der Waals surface area (Å²) in [4.78, 5) is 26.7. The van der Waals surface area contributed by atoms with Gasteiger partial charge >= 0.3 is 0 Å². The number of anilines is 1. The molecular formula is C13H14N2O2. The molecule has 0 bridgehead atoms. The van der Waals surface area contributed by atoms with Crippen molar-refractivity contribution >= 4 is 17.7 Å². The maximum absolute atomic E-state index is 11.5. The van der Waals surface area contributed by atoms with Crippen molar-refractivity contribution in [2.45, 2.75) is 19.3 Å². The smallest absolute Gasteiger partial charge is 0.234 e. The van der Waals surface area contributed by atoms with E-state index in [1.54, 1.807) is 11.9 Å². The van der Waals surface area contributed by atoms with E-state index in [1.165, 1.54) is 11.6 Å². The van der Waals surface area contributed by atoms with Crippen molar-refractivity contribution in [3.8, 4) is 0 Å². The quantitative estimate of drug-likeness (QED) is 0.583. The first-order valence-electron chi connectivity index (χ1n) is 5.64. The van der Waals surface area contributed by atoms with E-state index in [2.05, 4.69) is 11.1 Å². The molecule has 0 saturated heterocycles. The van der Waals surface area contributed by atoms with Crippen LogP contribution in [0.3, 0.4) is 0 Å². The molecule has 0 aliphatic carbocycles. The van der Waals surface area contributed by atoms with E-state index in [1.807, 2.05) is 12.1 Å². The Morgan fingerprint density at radius 1 is 1.41 bits per heavy atom. The van der Waals surface area contributed by atoms with Crippen molar-refractivity contribution in [1.82, 2.24) is 0 Å². The van der Waals surface area contributed by atoms with Gasteiger partial charge in [-0.25, -0.2) is 9.79 Å². The minimum Gasteiger partial charge on any atom is -0.315 e. The standard InChI is InChI=1S/C13H14N2O2/c1-15-12-4-2-10(6-7-14-9-16)8-11(12)3-5-13(15)17/h2,4,8H,3,5-7H2,1H3. The molecule has 1 amide bonds. The second-order valence-corrected chi connectivity index (χ2v) is 4.14. The van der Waals surface area contributed by atoms with Crippen molar-refractivity contribution in [1.29, 1.82) is 0 Å². The van der Waals surface area contributed by atoms with E-state index in [0.717, 1.165) is 24.1 Å². The molecule has 4 nitrogen and oxygen atoms in total. The SMILES string of the molecule is CN1C(=O)CCc2cc(CCN=C=O)ccc21. The van der Waals surface area contributed by atoms with Crippen LogP contribution in [0.15, 0.2) is 23.2 Å². The molecule has 0 fully saturated rings. The van der Waals surface area contributed by atoms with Crippen molar-refractivity contribution in [3.63, 3.8) is 0 Å². The average Bonchev–Trinajstić information content (AvgIpc) is 2.34. The first kappa shape index (κ1) is 11.6.